The van der Waals surface area contributed by atoms with Crippen molar-refractivity contribution in [3.8, 4) is 0 Å². The summed E-state index contributed by atoms with van der Waals surface area (Å²) in [5.41, 5.74) is 1.39. The fourth-order valence-corrected chi connectivity index (χ4v) is 3.12. The van der Waals surface area contributed by atoms with Crippen molar-refractivity contribution in [3.63, 3.8) is 0 Å². The minimum Gasteiger partial charge on any atom is -0.368 e. The summed E-state index contributed by atoms with van der Waals surface area (Å²) in [4.78, 5) is 40.6. The van der Waals surface area contributed by atoms with Gasteiger partial charge in [-0.25, -0.2) is 4.79 Å². The summed E-state index contributed by atoms with van der Waals surface area (Å²) in [5.74, 6) is -0.319. The fourth-order valence-electron chi connectivity index (χ4n) is 3.12. The van der Waals surface area contributed by atoms with Gasteiger partial charge in [0.05, 0.1) is 0 Å². The van der Waals surface area contributed by atoms with Crippen LogP contribution < -0.4 is 16.1 Å². The van der Waals surface area contributed by atoms with Crippen molar-refractivity contribution in [2.24, 2.45) is 14.1 Å². The lowest BCUT2D eigenvalue weighted by molar-refractivity contribution is 0.0743. The van der Waals surface area contributed by atoms with Gasteiger partial charge in [0.2, 0.25) is 0 Å². The maximum atomic E-state index is 12.7. The van der Waals surface area contributed by atoms with Gasteiger partial charge in [0.1, 0.15) is 5.56 Å². The minimum atomic E-state index is -0.547. The smallest absolute Gasteiger partial charge is 0.330 e. The highest BCUT2D eigenvalue weighted by Gasteiger charge is 2.25. The van der Waals surface area contributed by atoms with Gasteiger partial charge in [-0.2, -0.15) is 0 Å². The molecule has 1 aromatic carbocycles. The van der Waals surface area contributed by atoms with E-state index in [0.29, 0.717) is 26.2 Å². The molecule has 25 heavy (non-hydrogen) atoms. The fraction of sp³-hybridized carbons (Fsp3) is 0.389. The van der Waals surface area contributed by atoms with Crippen LogP contribution in [0.4, 0.5) is 5.69 Å². The monoisotopic (exact) mass is 342 g/mol. The summed E-state index contributed by atoms with van der Waals surface area (Å²) in [5, 5.41) is 0. The molecule has 0 aliphatic carbocycles. The number of benzene rings is 1. The number of carbonyl (C=O) groups excluding carboxylic acids is 1. The van der Waals surface area contributed by atoms with E-state index in [1.807, 2.05) is 6.07 Å². The first kappa shape index (κ1) is 17.0. The Hall–Kier alpha value is -2.83. The Balaban J connectivity index is 1.76. The van der Waals surface area contributed by atoms with E-state index in [1.165, 1.54) is 30.4 Å². The van der Waals surface area contributed by atoms with Crippen LogP contribution in [0.15, 0.2) is 40.1 Å². The molecule has 1 aliphatic rings. The third-order valence-corrected chi connectivity index (χ3v) is 4.61. The first-order valence-electron chi connectivity index (χ1n) is 8.26. The van der Waals surface area contributed by atoms with Gasteiger partial charge in [-0.3, -0.25) is 14.2 Å². The SMILES string of the molecule is Cc1cccc(N2CCN(C(=O)c3cn(C)c(=O)n(C)c3=O)CC2)c1. The Labute approximate surface area is 145 Å². The number of hydrogen-bond donors (Lipinski definition) is 0. The van der Waals surface area contributed by atoms with E-state index in [1.54, 1.807) is 4.90 Å². The molecule has 0 unspecified atom stereocenters. The number of rotatable bonds is 2. The average molecular weight is 342 g/mol. The Kier molecular flexibility index (Phi) is 4.48. The zero-order valence-corrected chi connectivity index (χ0v) is 14.7. The Morgan fingerprint density at radius 1 is 1.04 bits per heavy atom. The van der Waals surface area contributed by atoms with Crippen molar-refractivity contribution >= 4 is 11.6 Å². The van der Waals surface area contributed by atoms with Crippen LogP contribution in [-0.2, 0) is 14.1 Å². The molecule has 7 heteroatoms. The van der Waals surface area contributed by atoms with E-state index in [-0.39, 0.29) is 11.5 Å². The standard InChI is InChI=1S/C18H22N4O3/c1-13-5-4-6-14(11-13)21-7-9-22(10-8-21)17(24)15-12-19(2)18(25)20(3)16(15)23/h4-6,11-12H,7-10H2,1-3H3. The molecule has 0 spiro atoms. The van der Waals surface area contributed by atoms with Gasteiger partial charge in [-0.1, -0.05) is 12.1 Å². The second-order valence-electron chi connectivity index (χ2n) is 6.42. The van der Waals surface area contributed by atoms with E-state index >= 15 is 0 Å². The van der Waals surface area contributed by atoms with Crippen molar-refractivity contribution in [1.82, 2.24) is 14.0 Å². The molecule has 0 saturated carbocycles. The van der Waals surface area contributed by atoms with Gasteiger partial charge >= 0.3 is 5.69 Å². The molecule has 0 radical (unpaired) electrons. The molecular weight excluding hydrogens is 320 g/mol. The molecular formula is C18H22N4O3. The Morgan fingerprint density at radius 3 is 2.36 bits per heavy atom. The van der Waals surface area contributed by atoms with Crippen molar-refractivity contribution in [2.75, 3.05) is 31.1 Å². The topological polar surface area (TPSA) is 67.5 Å². The number of piperazine rings is 1. The maximum Gasteiger partial charge on any atom is 0.330 e. The zero-order chi connectivity index (χ0) is 18.1. The molecule has 1 saturated heterocycles. The summed E-state index contributed by atoms with van der Waals surface area (Å²) < 4.78 is 2.23. The summed E-state index contributed by atoms with van der Waals surface area (Å²) in [7, 11) is 2.92. The molecule has 0 bridgehead atoms. The van der Waals surface area contributed by atoms with Crippen molar-refractivity contribution < 1.29 is 4.79 Å². The number of amides is 1. The van der Waals surface area contributed by atoms with E-state index in [9.17, 15) is 14.4 Å². The quantitative estimate of drug-likeness (QED) is 0.790. The van der Waals surface area contributed by atoms with Gasteiger partial charge < -0.3 is 14.4 Å². The van der Waals surface area contributed by atoms with Crippen LogP contribution in [0.2, 0.25) is 0 Å². The van der Waals surface area contributed by atoms with Crippen LogP contribution in [0.3, 0.4) is 0 Å². The van der Waals surface area contributed by atoms with Crippen LogP contribution in [0.5, 0.6) is 0 Å². The van der Waals surface area contributed by atoms with E-state index in [2.05, 4.69) is 30.0 Å². The molecule has 1 aliphatic heterocycles. The molecule has 132 valence electrons. The minimum absolute atomic E-state index is 0.0357. The van der Waals surface area contributed by atoms with Gasteiger partial charge in [0, 0.05) is 52.2 Å². The van der Waals surface area contributed by atoms with Crippen LogP contribution in [0.1, 0.15) is 15.9 Å². The predicted molar refractivity (Wildman–Crippen MR) is 96.2 cm³/mol. The molecule has 1 amide bonds. The van der Waals surface area contributed by atoms with E-state index in [4.69, 9.17) is 0 Å². The van der Waals surface area contributed by atoms with Crippen LogP contribution in [0.25, 0.3) is 0 Å². The van der Waals surface area contributed by atoms with Crippen molar-refractivity contribution in [2.45, 2.75) is 6.92 Å². The maximum absolute atomic E-state index is 12.7. The first-order chi connectivity index (χ1) is 11.9. The number of hydrogen-bond acceptors (Lipinski definition) is 4. The Morgan fingerprint density at radius 2 is 1.72 bits per heavy atom. The third-order valence-electron chi connectivity index (χ3n) is 4.61. The number of aryl methyl sites for hydroxylation is 2. The number of aromatic nitrogens is 2. The summed E-state index contributed by atoms with van der Waals surface area (Å²) >= 11 is 0. The molecule has 1 aromatic heterocycles. The summed E-state index contributed by atoms with van der Waals surface area (Å²) in [6, 6.07) is 8.27. The lowest BCUT2D eigenvalue weighted by Gasteiger charge is -2.36. The van der Waals surface area contributed by atoms with Gasteiger partial charge in [0.15, 0.2) is 0 Å². The first-order valence-corrected chi connectivity index (χ1v) is 8.26. The predicted octanol–water partition coefficient (Wildman–Crippen LogP) is 0.355. The van der Waals surface area contributed by atoms with Gasteiger partial charge in [-0.15, -0.1) is 0 Å². The number of anilines is 1. The highest BCUT2D eigenvalue weighted by Crippen LogP contribution is 2.18. The second-order valence-corrected chi connectivity index (χ2v) is 6.42. The van der Waals surface area contributed by atoms with Gasteiger partial charge in [-0.05, 0) is 24.6 Å². The van der Waals surface area contributed by atoms with Crippen molar-refractivity contribution in [1.29, 1.82) is 0 Å². The van der Waals surface area contributed by atoms with Crippen LogP contribution in [0, 0.1) is 6.92 Å². The molecule has 0 atom stereocenters. The third kappa shape index (κ3) is 3.22. The molecule has 1 fully saturated rings. The molecule has 3 rings (SSSR count). The second kappa shape index (κ2) is 6.58. The normalized spacial score (nSPS) is 14.7. The van der Waals surface area contributed by atoms with E-state index in [0.717, 1.165) is 10.3 Å². The lowest BCUT2D eigenvalue weighted by atomic mass is 10.2. The van der Waals surface area contributed by atoms with Crippen LogP contribution in [-0.4, -0.2) is 46.1 Å². The lowest BCUT2D eigenvalue weighted by Crippen LogP contribution is -2.51. The summed E-state index contributed by atoms with van der Waals surface area (Å²) in [6.45, 7) is 4.55. The van der Waals surface area contributed by atoms with Gasteiger partial charge in [0.25, 0.3) is 11.5 Å². The Bertz CT molecular complexity index is 921. The zero-order valence-electron chi connectivity index (χ0n) is 14.7. The van der Waals surface area contributed by atoms with Crippen LogP contribution >= 0.6 is 0 Å². The average Bonchev–Trinajstić information content (AvgIpc) is 2.62. The molecule has 2 aromatic rings. The number of nitrogens with zero attached hydrogens (tertiary/aromatic N) is 4. The highest BCUT2D eigenvalue weighted by molar-refractivity contribution is 5.93. The van der Waals surface area contributed by atoms with Crippen molar-refractivity contribution in [3.05, 3.63) is 62.4 Å². The highest BCUT2D eigenvalue weighted by atomic mass is 16.2. The largest absolute Gasteiger partial charge is 0.368 e. The molecule has 7 nitrogen and oxygen atoms in total. The molecule has 2 heterocycles. The molecule has 0 N–H and O–H groups in total. The number of carbonyl (C=O) groups is 1. The summed E-state index contributed by atoms with van der Waals surface area (Å²) in [6.07, 6.45) is 1.33. The van der Waals surface area contributed by atoms with E-state index < -0.39 is 11.2 Å².